The molecule has 5 heteroatoms. The fourth-order valence-electron chi connectivity index (χ4n) is 2.44. The van der Waals surface area contributed by atoms with Crippen LogP contribution in [0.25, 0.3) is 0 Å². The maximum atomic E-state index is 12.1. The Hall–Kier alpha value is -1.64. The van der Waals surface area contributed by atoms with Crippen molar-refractivity contribution in [3.63, 3.8) is 0 Å². The average molecular weight is 304 g/mol. The van der Waals surface area contributed by atoms with Gasteiger partial charge in [0, 0.05) is 6.54 Å². The lowest BCUT2D eigenvalue weighted by molar-refractivity contribution is 0.579. The van der Waals surface area contributed by atoms with E-state index in [9.17, 15) is 8.42 Å². The highest BCUT2D eigenvalue weighted by atomic mass is 32.2. The molecule has 1 aliphatic carbocycles. The second-order valence-corrected chi connectivity index (χ2v) is 7.00. The first-order valence-electron chi connectivity index (χ1n) is 7.25. The second-order valence-electron chi connectivity index (χ2n) is 5.23. The van der Waals surface area contributed by atoms with Crippen LogP contribution in [0, 0.1) is 11.3 Å². The molecule has 0 radical (unpaired) electrons. The predicted octanol–water partition coefficient (Wildman–Crippen LogP) is 2.92. The summed E-state index contributed by atoms with van der Waals surface area (Å²) in [4.78, 5) is 0.252. The zero-order chi connectivity index (χ0) is 15.1. The minimum absolute atomic E-state index is 0.252. The maximum Gasteiger partial charge on any atom is 0.240 e. The molecule has 0 bridgehead atoms. The summed E-state index contributed by atoms with van der Waals surface area (Å²) in [6.07, 6.45) is 7.96. The van der Waals surface area contributed by atoms with Gasteiger partial charge in [0.15, 0.2) is 0 Å². The lowest BCUT2D eigenvalue weighted by atomic mass is 9.97. The molecule has 112 valence electrons. The Morgan fingerprint density at radius 1 is 1.19 bits per heavy atom. The third kappa shape index (κ3) is 4.69. The van der Waals surface area contributed by atoms with Crippen LogP contribution < -0.4 is 4.72 Å². The SMILES string of the molecule is N#CCc1ccc(S(=O)(=O)NCCC2=CCCCC2)cc1. The molecule has 0 saturated carbocycles. The van der Waals surface area contributed by atoms with E-state index in [4.69, 9.17) is 5.26 Å². The number of hydrogen-bond donors (Lipinski definition) is 1. The van der Waals surface area contributed by atoms with E-state index in [0.29, 0.717) is 13.0 Å². The molecule has 1 aromatic rings. The van der Waals surface area contributed by atoms with Crippen LogP contribution in [0.15, 0.2) is 40.8 Å². The standard InChI is InChI=1S/C16H20N2O2S/c17-12-10-15-6-8-16(9-7-15)21(19,20)18-13-11-14-4-2-1-3-5-14/h4,6-9,18H,1-3,5,10-11,13H2. The van der Waals surface area contributed by atoms with Crippen LogP contribution in [-0.2, 0) is 16.4 Å². The van der Waals surface area contributed by atoms with Crippen molar-refractivity contribution in [2.75, 3.05) is 6.54 Å². The Balaban J connectivity index is 1.91. The van der Waals surface area contributed by atoms with E-state index >= 15 is 0 Å². The Bertz CT molecular complexity index is 640. The Labute approximate surface area is 126 Å². The summed E-state index contributed by atoms with van der Waals surface area (Å²) in [5.74, 6) is 0. The first-order chi connectivity index (χ1) is 10.1. The number of sulfonamides is 1. The van der Waals surface area contributed by atoms with Gasteiger partial charge in [-0.25, -0.2) is 13.1 Å². The third-order valence-electron chi connectivity index (χ3n) is 3.64. The van der Waals surface area contributed by atoms with E-state index in [2.05, 4.69) is 10.8 Å². The van der Waals surface area contributed by atoms with Crippen LogP contribution >= 0.6 is 0 Å². The largest absolute Gasteiger partial charge is 0.240 e. The van der Waals surface area contributed by atoms with Gasteiger partial charge in [0.2, 0.25) is 10.0 Å². The van der Waals surface area contributed by atoms with Gasteiger partial charge in [0.1, 0.15) is 0 Å². The number of nitriles is 1. The second kappa shape index (κ2) is 7.39. The number of rotatable bonds is 6. The molecule has 4 nitrogen and oxygen atoms in total. The zero-order valence-corrected chi connectivity index (χ0v) is 12.8. The first kappa shape index (κ1) is 15.7. The molecule has 0 heterocycles. The van der Waals surface area contributed by atoms with E-state index in [-0.39, 0.29) is 4.90 Å². The number of benzene rings is 1. The minimum Gasteiger partial charge on any atom is -0.211 e. The summed E-state index contributed by atoms with van der Waals surface area (Å²) >= 11 is 0. The molecular formula is C16H20N2O2S. The molecule has 0 spiro atoms. The van der Waals surface area contributed by atoms with Crippen molar-refractivity contribution in [3.05, 3.63) is 41.5 Å². The van der Waals surface area contributed by atoms with E-state index in [1.165, 1.54) is 18.4 Å². The normalized spacial score (nSPS) is 15.3. The van der Waals surface area contributed by atoms with E-state index in [0.717, 1.165) is 24.8 Å². The molecule has 21 heavy (non-hydrogen) atoms. The number of nitrogens with one attached hydrogen (secondary N) is 1. The lowest BCUT2D eigenvalue weighted by Gasteiger charge is -2.13. The van der Waals surface area contributed by atoms with Crippen LogP contribution in [0.4, 0.5) is 0 Å². The molecule has 1 N–H and O–H groups in total. The fraction of sp³-hybridized carbons (Fsp3) is 0.438. The smallest absolute Gasteiger partial charge is 0.211 e. The molecule has 0 atom stereocenters. The van der Waals surface area contributed by atoms with E-state index in [1.807, 2.05) is 6.07 Å². The number of nitrogens with zero attached hydrogens (tertiary/aromatic N) is 1. The average Bonchev–Trinajstić information content (AvgIpc) is 2.49. The third-order valence-corrected chi connectivity index (χ3v) is 5.12. The van der Waals surface area contributed by atoms with Crippen molar-refractivity contribution in [2.45, 2.75) is 43.4 Å². The minimum atomic E-state index is -3.45. The van der Waals surface area contributed by atoms with Gasteiger partial charge in [0.25, 0.3) is 0 Å². The van der Waals surface area contributed by atoms with Gasteiger partial charge in [-0.2, -0.15) is 5.26 Å². The molecule has 2 rings (SSSR count). The quantitative estimate of drug-likeness (QED) is 0.821. The Morgan fingerprint density at radius 2 is 1.95 bits per heavy atom. The van der Waals surface area contributed by atoms with Crippen molar-refractivity contribution in [2.24, 2.45) is 0 Å². The van der Waals surface area contributed by atoms with Crippen molar-refractivity contribution >= 4 is 10.0 Å². The summed E-state index contributed by atoms with van der Waals surface area (Å²) in [6.45, 7) is 0.439. The van der Waals surface area contributed by atoms with Gasteiger partial charge in [-0.05, 0) is 49.8 Å². The van der Waals surface area contributed by atoms with Crippen LogP contribution in [-0.4, -0.2) is 15.0 Å². The summed E-state index contributed by atoms with van der Waals surface area (Å²) < 4.78 is 26.9. The Kier molecular flexibility index (Phi) is 5.54. The molecule has 1 aliphatic rings. The highest BCUT2D eigenvalue weighted by molar-refractivity contribution is 7.89. The van der Waals surface area contributed by atoms with Crippen LogP contribution in [0.3, 0.4) is 0 Å². The van der Waals surface area contributed by atoms with Gasteiger partial charge < -0.3 is 0 Å². The van der Waals surface area contributed by atoms with Gasteiger partial charge in [-0.15, -0.1) is 0 Å². The summed E-state index contributed by atoms with van der Waals surface area (Å²) in [7, 11) is -3.45. The van der Waals surface area contributed by atoms with Gasteiger partial charge in [0.05, 0.1) is 17.4 Å². The first-order valence-corrected chi connectivity index (χ1v) is 8.73. The molecule has 0 amide bonds. The predicted molar refractivity (Wildman–Crippen MR) is 82.1 cm³/mol. The van der Waals surface area contributed by atoms with E-state index < -0.39 is 10.0 Å². The van der Waals surface area contributed by atoms with Gasteiger partial charge >= 0.3 is 0 Å². The molecule has 0 aromatic heterocycles. The molecule has 0 fully saturated rings. The van der Waals surface area contributed by atoms with Crippen LogP contribution in [0.2, 0.25) is 0 Å². The van der Waals surface area contributed by atoms with Crippen molar-refractivity contribution in [1.29, 1.82) is 5.26 Å². The van der Waals surface area contributed by atoms with E-state index in [1.54, 1.807) is 24.3 Å². The molecule has 0 aliphatic heterocycles. The highest BCUT2D eigenvalue weighted by Gasteiger charge is 2.13. The van der Waals surface area contributed by atoms with Crippen LogP contribution in [0.1, 0.15) is 37.7 Å². The number of allylic oxidation sites excluding steroid dienone is 1. The zero-order valence-electron chi connectivity index (χ0n) is 12.0. The van der Waals surface area contributed by atoms with Crippen molar-refractivity contribution in [1.82, 2.24) is 4.72 Å². The van der Waals surface area contributed by atoms with Gasteiger partial charge in [-0.1, -0.05) is 23.8 Å². The van der Waals surface area contributed by atoms with Crippen molar-refractivity contribution < 1.29 is 8.42 Å². The molecule has 0 unspecified atom stereocenters. The summed E-state index contributed by atoms with van der Waals surface area (Å²) in [5, 5.41) is 8.60. The van der Waals surface area contributed by atoms with Crippen LogP contribution in [0.5, 0.6) is 0 Å². The topological polar surface area (TPSA) is 70.0 Å². The summed E-state index contributed by atoms with van der Waals surface area (Å²) in [5.41, 5.74) is 2.18. The fourth-order valence-corrected chi connectivity index (χ4v) is 3.47. The monoisotopic (exact) mass is 304 g/mol. The highest BCUT2D eigenvalue weighted by Crippen LogP contribution is 2.19. The maximum absolute atomic E-state index is 12.1. The molecule has 0 saturated heterocycles. The van der Waals surface area contributed by atoms with Gasteiger partial charge in [-0.3, -0.25) is 0 Å². The number of hydrogen-bond acceptors (Lipinski definition) is 3. The molecular weight excluding hydrogens is 284 g/mol. The lowest BCUT2D eigenvalue weighted by Crippen LogP contribution is -2.25. The van der Waals surface area contributed by atoms with Crippen molar-refractivity contribution in [3.8, 4) is 6.07 Å². The molecule has 1 aromatic carbocycles. The Morgan fingerprint density at radius 3 is 2.57 bits per heavy atom. The summed E-state index contributed by atoms with van der Waals surface area (Å²) in [6, 6.07) is 8.51.